The summed E-state index contributed by atoms with van der Waals surface area (Å²) >= 11 is 8.35. The van der Waals surface area contributed by atoms with Crippen LogP contribution >= 0.6 is 28.1 Å². The van der Waals surface area contributed by atoms with E-state index in [1.807, 2.05) is 48.5 Å². The van der Waals surface area contributed by atoms with Gasteiger partial charge in [0, 0.05) is 17.1 Å². The van der Waals surface area contributed by atoms with Gasteiger partial charge in [0.05, 0.1) is 6.21 Å². The zero-order valence-electron chi connectivity index (χ0n) is 13.2. The number of nitrogens with one attached hydrogen (secondary N) is 2. The minimum absolute atomic E-state index is 0.434. The molecule has 2 rings (SSSR count). The lowest BCUT2D eigenvalue weighted by Crippen LogP contribution is -2.28. The van der Waals surface area contributed by atoms with Crippen LogP contribution in [0.4, 0.5) is 0 Å². The normalized spacial score (nSPS) is 10.4. The van der Waals surface area contributed by atoms with Gasteiger partial charge in [-0.1, -0.05) is 28.1 Å². The van der Waals surface area contributed by atoms with E-state index in [0.717, 1.165) is 21.5 Å². The first-order valence-electron chi connectivity index (χ1n) is 7.30. The molecule has 0 aliphatic heterocycles. The van der Waals surface area contributed by atoms with E-state index in [4.69, 9.17) is 21.7 Å². The topological polar surface area (TPSA) is 54.9 Å². The van der Waals surface area contributed by atoms with Crippen LogP contribution in [0.5, 0.6) is 11.5 Å². The van der Waals surface area contributed by atoms with Crippen molar-refractivity contribution in [2.75, 3.05) is 20.3 Å². The first-order chi connectivity index (χ1) is 11.7. The van der Waals surface area contributed by atoms with Crippen LogP contribution in [-0.4, -0.2) is 31.6 Å². The Balaban J connectivity index is 1.83. The minimum atomic E-state index is 0.434. The van der Waals surface area contributed by atoms with Gasteiger partial charge in [-0.05, 0) is 48.6 Å². The molecule has 24 heavy (non-hydrogen) atoms. The van der Waals surface area contributed by atoms with E-state index in [-0.39, 0.29) is 0 Å². The first kappa shape index (κ1) is 18.2. The summed E-state index contributed by atoms with van der Waals surface area (Å²) in [4.78, 5) is 0. The number of benzene rings is 2. The van der Waals surface area contributed by atoms with Gasteiger partial charge in [-0.15, -0.1) is 0 Å². The van der Waals surface area contributed by atoms with Crippen molar-refractivity contribution in [1.82, 2.24) is 10.7 Å². The van der Waals surface area contributed by atoms with Gasteiger partial charge in [-0.3, -0.25) is 5.43 Å². The van der Waals surface area contributed by atoms with Gasteiger partial charge < -0.3 is 14.8 Å². The Morgan fingerprint density at radius 3 is 2.58 bits per heavy atom. The highest BCUT2D eigenvalue weighted by atomic mass is 79.9. The molecule has 2 N–H and O–H groups in total. The van der Waals surface area contributed by atoms with Crippen molar-refractivity contribution in [1.29, 1.82) is 0 Å². The number of thiocarbonyl (C=S) groups is 1. The molecular formula is C17H18BrN3O2S. The molecule has 0 unspecified atom stereocenters. The Morgan fingerprint density at radius 1 is 1.12 bits per heavy atom. The molecule has 0 radical (unpaired) electrons. The number of nitrogens with zero attached hydrogens (tertiary/aromatic N) is 1. The quantitative estimate of drug-likeness (QED) is 0.319. The summed E-state index contributed by atoms with van der Waals surface area (Å²) in [7, 11) is 1.73. The predicted molar refractivity (Wildman–Crippen MR) is 104 cm³/mol. The van der Waals surface area contributed by atoms with E-state index in [9.17, 15) is 0 Å². The van der Waals surface area contributed by atoms with Crippen LogP contribution in [0.15, 0.2) is 58.1 Å². The number of ether oxygens (including phenoxy) is 2. The summed E-state index contributed by atoms with van der Waals surface area (Å²) in [6.45, 7) is 0.887. The third-order valence-electron chi connectivity index (χ3n) is 2.94. The molecular weight excluding hydrogens is 390 g/mol. The highest BCUT2D eigenvalue weighted by molar-refractivity contribution is 9.10. The van der Waals surface area contributed by atoms with E-state index in [1.54, 1.807) is 13.3 Å². The zero-order chi connectivity index (χ0) is 17.2. The smallest absolute Gasteiger partial charge is 0.186 e. The highest BCUT2D eigenvalue weighted by Gasteiger charge is 2.01. The first-order valence-corrected chi connectivity index (χ1v) is 8.50. The number of rotatable bonds is 7. The molecule has 0 fully saturated rings. The monoisotopic (exact) mass is 407 g/mol. The number of halogens is 1. The summed E-state index contributed by atoms with van der Waals surface area (Å²) in [6.07, 6.45) is 1.66. The minimum Gasteiger partial charge on any atom is -0.490 e. The van der Waals surface area contributed by atoms with Crippen LogP contribution in [0.3, 0.4) is 0 Å². The Morgan fingerprint density at radius 2 is 1.83 bits per heavy atom. The third kappa shape index (κ3) is 6.17. The fourth-order valence-electron chi connectivity index (χ4n) is 1.78. The number of hydrogen-bond acceptors (Lipinski definition) is 4. The summed E-state index contributed by atoms with van der Waals surface area (Å²) in [5.41, 5.74) is 3.56. The van der Waals surface area contributed by atoms with E-state index >= 15 is 0 Å². The SMILES string of the molecule is CNC(=S)NN=Cc1ccccc1OCCOc1ccc(Br)cc1. The highest BCUT2D eigenvalue weighted by Crippen LogP contribution is 2.17. The van der Waals surface area contributed by atoms with Gasteiger partial charge in [-0.2, -0.15) is 5.10 Å². The van der Waals surface area contributed by atoms with E-state index < -0.39 is 0 Å². The Hall–Kier alpha value is -2.12. The second-order valence-electron chi connectivity index (χ2n) is 4.64. The molecule has 2 aromatic carbocycles. The van der Waals surface area contributed by atoms with Crippen molar-refractivity contribution in [3.8, 4) is 11.5 Å². The summed E-state index contributed by atoms with van der Waals surface area (Å²) in [5.74, 6) is 1.54. The van der Waals surface area contributed by atoms with E-state index in [2.05, 4.69) is 31.8 Å². The van der Waals surface area contributed by atoms with Crippen molar-refractivity contribution in [3.63, 3.8) is 0 Å². The lowest BCUT2D eigenvalue weighted by atomic mass is 10.2. The van der Waals surface area contributed by atoms with Crippen LogP contribution in [0.1, 0.15) is 5.56 Å². The van der Waals surface area contributed by atoms with Crippen LogP contribution in [0.25, 0.3) is 0 Å². The van der Waals surface area contributed by atoms with E-state index in [1.165, 1.54) is 0 Å². The maximum absolute atomic E-state index is 5.76. The van der Waals surface area contributed by atoms with Gasteiger partial charge >= 0.3 is 0 Å². The summed E-state index contributed by atoms with van der Waals surface area (Å²) in [6, 6.07) is 15.3. The molecule has 0 bridgehead atoms. The number of para-hydroxylation sites is 1. The number of hydrazone groups is 1. The average molecular weight is 408 g/mol. The van der Waals surface area contributed by atoms with E-state index in [0.29, 0.717) is 18.3 Å². The molecule has 7 heteroatoms. The van der Waals surface area contributed by atoms with Gasteiger partial charge in [0.25, 0.3) is 0 Å². The van der Waals surface area contributed by atoms with Gasteiger partial charge in [0.1, 0.15) is 24.7 Å². The lowest BCUT2D eigenvalue weighted by Gasteiger charge is -2.10. The molecule has 0 atom stereocenters. The van der Waals surface area contributed by atoms with Crippen LogP contribution in [0, 0.1) is 0 Å². The Bertz CT molecular complexity index is 692. The molecule has 0 aliphatic carbocycles. The predicted octanol–water partition coefficient (Wildman–Crippen LogP) is 3.33. The lowest BCUT2D eigenvalue weighted by molar-refractivity contribution is 0.217. The molecule has 2 aromatic rings. The second kappa shape index (κ2) is 9.89. The van der Waals surface area contributed by atoms with Crippen molar-refractivity contribution in [2.24, 2.45) is 5.10 Å². The van der Waals surface area contributed by atoms with Crippen molar-refractivity contribution in [2.45, 2.75) is 0 Å². The fourth-order valence-corrected chi connectivity index (χ4v) is 2.09. The standard InChI is InChI=1S/C17H18BrN3O2S/c1-19-17(24)21-20-12-13-4-2-3-5-16(13)23-11-10-22-15-8-6-14(18)7-9-15/h2-9,12H,10-11H2,1H3,(H2,19,21,24). The largest absolute Gasteiger partial charge is 0.490 e. The van der Waals surface area contributed by atoms with Crippen LogP contribution in [0.2, 0.25) is 0 Å². The molecule has 0 saturated carbocycles. The van der Waals surface area contributed by atoms with Crippen LogP contribution < -0.4 is 20.2 Å². The molecule has 0 heterocycles. The summed E-state index contributed by atoms with van der Waals surface area (Å²) < 4.78 is 12.4. The van der Waals surface area contributed by atoms with Gasteiger partial charge in [0.15, 0.2) is 5.11 Å². The molecule has 0 aromatic heterocycles. The van der Waals surface area contributed by atoms with Crippen molar-refractivity contribution in [3.05, 3.63) is 58.6 Å². The molecule has 5 nitrogen and oxygen atoms in total. The maximum atomic E-state index is 5.76. The zero-order valence-corrected chi connectivity index (χ0v) is 15.6. The van der Waals surface area contributed by atoms with Crippen LogP contribution in [-0.2, 0) is 0 Å². The molecule has 0 aliphatic rings. The second-order valence-corrected chi connectivity index (χ2v) is 5.96. The Labute approximate surface area is 155 Å². The van der Waals surface area contributed by atoms with Gasteiger partial charge in [0.2, 0.25) is 0 Å². The molecule has 0 amide bonds. The van der Waals surface area contributed by atoms with Crippen molar-refractivity contribution < 1.29 is 9.47 Å². The van der Waals surface area contributed by atoms with Crippen molar-refractivity contribution >= 4 is 39.5 Å². The Kier molecular flexibility index (Phi) is 7.51. The summed E-state index contributed by atoms with van der Waals surface area (Å²) in [5, 5.41) is 7.30. The third-order valence-corrected chi connectivity index (χ3v) is 3.76. The number of hydrogen-bond donors (Lipinski definition) is 2. The average Bonchev–Trinajstić information content (AvgIpc) is 2.61. The molecule has 0 saturated heterocycles. The molecule has 0 spiro atoms. The fraction of sp³-hybridized carbons (Fsp3) is 0.176. The maximum Gasteiger partial charge on any atom is 0.186 e. The molecule has 126 valence electrons. The van der Waals surface area contributed by atoms with Gasteiger partial charge in [-0.25, -0.2) is 0 Å².